The number of aromatic nitrogens is 4. The predicted molar refractivity (Wildman–Crippen MR) is 105 cm³/mol. The largest absolute Gasteiger partial charge is 0.391 e. The molecular weight excluding hydrogens is 346 g/mol. The van der Waals surface area contributed by atoms with Gasteiger partial charge in [-0.05, 0) is 26.7 Å². The summed E-state index contributed by atoms with van der Waals surface area (Å²) < 4.78 is 1.97. The number of aliphatic hydroxyl groups excluding tert-OH is 1. The highest BCUT2D eigenvalue weighted by atomic mass is 16.3. The maximum atomic E-state index is 11.6. The minimum atomic E-state index is -0.513. The van der Waals surface area contributed by atoms with Crippen LogP contribution in [0.1, 0.15) is 40.5 Å². The van der Waals surface area contributed by atoms with E-state index in [1.165, 1.54) is 0 Å². The van der Waals surface area contributed by atoms with Crippen LogP contribution in [0.3, 0.4) is 0 Å². The molecule has 1 aliphatic rings. The summed E-state index contributed by atoms with van der Waals surface area (Å²) in [6.07, 6.45) is 2.87. The Bertz CT molecular complexity index is 804. The smallest absolute Gasteiger partial charge is 0.227 e. The van der Waals surface area contributed by atoms with Gasteiger partial charge in [0.1, 0.15) is 0 Å². The van der Waals surface area contributed by atoms with E-state index in [9.17, 15) is 9.90 Å². The maximum absolute atomic E-state index is 11.6. The van der Waals surface area contributed by atoms with Crippen molar-refractivity contribution < 1.29 is 9.90 Å². The molecule has 3 N–H and O–H groups in total. The average Bonchev–Trinajstić information content (AvgIpc) is 3.26. The SMILES string of the molecule is CC[C@H](Nc1nc(N[C@H]2CCN(C(C)=O)C2)c2ncn(CC)c2n1)[C@@H](C)O. The standard InChI is InChI=1S/C18H29N7O2/c1-5-14(11(3)26)21-18-22-16(15-17(23-18)24(6-2)10-19-15)20-13-7-8-25(9-13)12(4)27/h10-11,13-14,26H,5-9H2,1-4H3,(H2,20,21,22,23)/t11-,13+,14+/m1/s1. The number of fused-ring (bicyclic) bond motifs is 1. The van der Waals surface area contributed by atoms with Crippen LogP contribution in [0, 0.1) is 0 Å². The Kier molecular flexibility index (Phi) is 5.79. The van der Waals surface area contributed by atoms with Crippen LogP contribution in [0.4, 0.5) is 11.8 Å². The van der Waals surface area contributed by atoms with E-state index in [4.69, 9.17) is 0 Å². The Balaban J connectivity index is 1.90. The van der Waals surface area contributed by atoms with Crippen molar-refractivity contribution in [3.05, 3.63) is 6.33 Å². The first kappa shape index (κ1) is 19.3. The summed E-state index contributed by atoms with van der Waals surface area (Å²) in [5.41, 5.74) is 1.47. The fraction of sp³-hybridized carbons (Fsp3) is 0.667. The van der Waals surface area contributed by atoms with Gasteiger partial charge in [-0.1, -0.05) is 6.92 Å². The Morgan fingerprint density at radius 2 is 2.19 bits per heavy atom. The summed E-state index contributed by atoms with van der Waals surface area (Å²) >= 11 is 0. The second-order valence-corrected chi connectivity index (χ2v) is 7.09. The predicted octanol–water partition coefficient (Wildman–Crippen LogP) is 1.45. The molecule has 27 heavy (non-hydrogen) atoms. The van der Waals surface area contributed by atoms with Gasteiger partial charge in [0.2, 0.25) is 11.9 Å². The van der Waals surface area contributed by atoms with Crippen LogP contribution in [-0.4, -0.2) is 66.7 Å². The van der Waals surface area contributed by atoms with Crippen molar-refractivity contribution in [1.82, 2.24) is 24.4 Å². The normalized spacial score (nSPS) is 19.3. The lowest BCUT2D eigenvalue weighted by Crippen LogP contribution is -2.32. The number of rotatable bonds is 7. The van der Waals surface area contributed by atoms with Crippen LogP contribution >= 0.6 is 0 Å². The topological polar surface area (TPSA) is 108 Å². The van der Waals surface area contributed by atoms with E-state index in [-0.39, 0.29) is 18.0 Å². The van der Waals surface area contributed by atoms with E-state index in [2.05, 4.69) is 25.6 Å². The fourth-order valence-electron chi connectivity index (χ4n) is 3.43. The van der Waals surface area contributed by atoms with Crippen LogP contribution in [0.2, 0.25) is 0 Å². The number of nitrogens with zero attached hydrogens (tertiary/aromatic N) is 5. The number of carbonyl (C=O) groups excluding carboxylic acids is 1. The van der Waals surface area contributed by atoms with Crippen LogP contribution in [0.15, 0.2) is 6.33 Å². The van der Waals surface area contributed by atoms with Crippen molar-refractivity contribution in [2.24, 2.45) is 0 Å². The maximum Gasteiger partial charge on any atom is 0.227 e. The number of hydrogen-bond acceptors (Lipinski definition) is 7. The summed E-state index contributed by atoms with van der Waals surface area (Å²) in [7, 11) is 0. The van der Waals surface area contributed by atoms with Gasteiger partial charge in [0.25, 0.3) is 0 Å². The molecule has 2 aromatic rings. The molecule has 0 aliphatic carbocycles. The third-order valence-electron chi connectivity index (χ3n) is 5.12. The van der Waals surface area contributed by atoms with E-state index < -0.39 is 6.10 Å². The van der Waals surface area contributed by atoms with Crippen molar-refractivity contribution in [2.45, 2.75) is 65.3 Å². The third kappa shape index (κ3) is 4.13. The quantitative estimate of drug-likeness (QED) is 0.672. The lowest BCUT2D eigenvalue weighted by atomic mass is 10.1. The molecule has 1 saturated heterocycles. The van der Waals surface area contributed by atoms with Gasteiger partial charge in [0.05, 0.1) is 18.5 Å². The van der Waals surface area contributed by atoms with Crippen molar-refractivity contribution in [3.63, 3.8) is 0 Å². The number of amides is 1. The molecule has 9 nitrogen and oxygen atoms in total. The number of carbonyl (C=O) groups is 1. The Morgan fingerprint density at radius 3 is 2.78 bits per heavy atom. The Morgan fingerprint density at radius 1 is 1.41 bits per heavy atom. The van der Waals surface area contributed by atoms with Crippen LogP contribution < -0.4 is 10.6 Å². The van der Waals surface area contributed by atoms with E-state index in [0.717, 1.165) is 31.6 Å². The molecule has 1 aliphatic heterocycles. The number of imidazole rings is 1. The lowest BCUT2D eigenvalue weighted by molar-refractivity contribution is -0.127. The molecule has 0 aromatic carbocycles. The van der Waals surface area contributed by atoms with Gasteiger partial charge >= 0.3 is 0 Å². The third-order valence-corrected chi connectivity index (χ3v) is 5.12. The number of aryl methyl sites for hydroxylation is 1. The van der Waals surface area contributed by atoms with Gasteiger partial charge in [-0.3, -0.25) is 4.79 Å². The molecule has 0 saturated carbocycles. The van der Waals surface area contributed by atoms with Crippen molar-refractivity contribution in [1.29, 1.82) is 0 Å². The molecule has 0 bridgehead atoms. The zero-order valence-corrected chi connectivity index (χ0v) is 16.4. The molecule has 3 atom stereocenters. The molecule has 148 valence electrons. The summed E-state index contributed by atoms with van der Waals surface area (Å²) in [6, 6.07) is -0.00153. The van der Waals surface area contributed by atoms with E-state index in [1.54, 1.807) is 20.2 Å². The van der Waals surface area contributed by atoms with Crippen molar-refractivity contribution in [2.75, 3.05) is 23.7 Å². The van der Waals surface area contributed by atoms with Gasteiger partial charge in [0, 0.05) is 32.6 Å². The van der Waals surface area contributed by atoms with Gasteiger partial charge in [-0.2, -0.15) is 9.97 Å². The summed E-state index contributed by atoms with van der Waals surface area (Å²) in [5, 5.41) is 16.6. The highest BCUT2D eigenvalue weighted by Gasteiger charge is 2.26. The highest BCUT2D eigenvalue weighted by Crippen LogP contribution is 2.24. The summed E-state index contributed by atoms with van der Waals surface area (Å²) in [5.74, 6) is 1.22. The minimum absolute atomic E-state index is 0.0903. The molecule has 0 spiro atoms. The lowest BCUT2D eigenvalue weighted by Gasteiger charge is -2.21. The van der Waals surface area contributed by atoms with E-state index >= 15 is 0 Å². The minimum Gasteiger partial charge on any atom is -0.391 e. The van der Waals surface area contributed by atoms with Crippen LogP contribution in [0.25, 0.3) is 11.2 Å². The van der Waals surface area contributed by atoms with E-state index in [0.29, 0.717) is 23.8 Å². The zero-order valence-electron chi connectivity index (χ0n) is 16.4. The first-order chi connectivity index (χ1) is 12.9. The molecule has 0 unspecified atom stereocenters. The molecule has 3 rings (SSSR count). The van der Waals surface area contributed by atoms with Crippen LogP contribution in [-0.2, 0) is 11.3 Å². The van der Waals surface area contributed by atoms with Gasteiger partial charge < -0.3 is 25.2 Å². The van der Waals surface area contributed by atoms with Gasteiger partial charge in [-0.15, -0.1) is 0 Å². The summed E-state index contributed by atoms with van der Waals surface area (Å²) in [4.78, 5) is 27.2. The van der Waals surface area contributed by atoms with Crippen molar-refractivity contribution in [3.8, 4) is 0 Å². The monoisotopic (exact) mass is 375 g/mol. The second-order valence-electron chi connectivity index (χ2n) is 7.09. The number of aliphatic hydroxyl groups is 1. The number of anilines is 2. The molecule has 9 heteroatoms. The number of likely N-dealkylation sites (tertiary alicyclic amines) is 1. The number of hydrogen-bond donors (Lipinski definition) is 3. The molecule has 2 aromatic heterocycles. The average molecular weight is 375 g/mol. The molecule has 1 fully saturated rings. The summed E-state index contributed by atoms with van der Waals surface area (Å²) in [6.45, 7) is 9.55. The van der Waals surface area contributed by atoms with Crippen molar-refractivity contribution >= 4 is 28.8 Å². The Hall–Kier alpha value is -2.42. The highest BCUT2D eigenvalue weighted by molar-refractivity contribution is 5.84. The van der Waals surface area contributed by atoms with Crippen LogP contribution in [0.5, 0.6) is 0 Å². The molecule has 3 heterocycles. The van der Waals surface area contributed by atoms with E-state index in [1.807, 2.05) is 23.3 Å². The van der Waals surface area contributed by atoms with Gasteiger partial charge in [0.15, 0.2) is 17.0 Å². The first-order valence-corrected chi connectivity index (χ1v) is 9.62. The second kappa shape index (κ2) is 8.08. The zero-order chi connectivity index (χ0) is 19.6. The fourth-order valence-corrected chi connectivity index (χ4v) is 3.43. The molecule has 0 radical (unpaired) electrons. The first-order valence-electron chi connectivity index (χ1n) is 9.62. The molecule has 1 amide bonds. The Labute approximate surface area is 159 Å². The number of nitrogens with one attached hydrogen (secondary N) is 2. The molecular formula is C18H29N7O2. The van der Waals surface area contributed by atoms with Gasteiger partial charge in [-0.25, -0.2) is 4.98 Å².